The lowest BCUT2D eigenvalue weighted by Crippen LogP contribution is -2.35. The highest BCUT2D eigenvalue weighted by Gasteiger charge is 2.35. The molecular formula is C15H18F3N3. The highest BCUT2D eigenvalue weighted by molar-refractivity contribution is 5.51. The Morgan fingerprint density at radius 2 is 1.90 bits per heavy atom. The first-order valence-electron chi connectivity index (χ1n) is 7.03. The molecule has 3 nitrogen and oxygen atoms in total. The van der Waals surface area contributed by atoms with Crippen LogP contribution in [0.2, 0.25) is 0 Å². The standard InChI is InChI=1S/C15H18F3N3/c1-10-3-5-11(6-4-10)21(2)12-7-13(15(16,17)18)14(8-19)20-9-12/h7,9-11H,3-6H2,1-2H3. The zero-order valence-corrected chi connectivity index (χ0v) is 12.1. The summed E-state index contributed by atoms with van der Waals surface area (Å²) in [5.41, 5.74) is -1.11. The van der Waals surface area contributed by atoms with E-state index in [4.69, 9.17) is 5.26 Å². The van der Waals surface area contributed by atoms with E-state index in [0.29, 0.717) is 11.6 Å². The summed E-state index contributed by atoms with van der Waals surface area (Å²) in [6.07, 6.45) is 0.912. The third-order valence-electron chi connectivity index (χ3n) is 4.22. The van der Waals surface area contributed by atoms with Gasteiger partial charge in [-0.25, -0.2) is 4.98 Å². The zero-order chi connectivity index (χ0) is 15.6. The minimum atomic E-state index is -4.56. The largest absolute Gasteiger partial charge is 0.419 e. The van der Waals surface area contributed by atoms with Gasteiger partial charge >= 0.3 is 6.18 Å². The normalized spacial score (nSPS) is 22.7. The molecule has 0 unspecified atom stereocenters. The maximum atomic E-state index is 13.0. The number of pyridine rings is 1. The highest BCUT2D eigenvalue weighted by Crippen LogP contribution is 2.35. The third kappa shape index (κ3) is 3.46. The fourth-order valence-electron chi connectivity index (χ4n) is 2.79. The predicted octanol–water partition coefficient (Wildman–Crippen LogP) is 3.99. The van der Waals surface area contributed by atoms with Gasteiger partial charge in [-0.2, -0.15) is 18.4 Å². The molecule has 0 atom stereocenters. The van der Waals surface area contributed by atoms with Gasteiger partial charge in [-0.15, -0.1) is 0 Å². The molecule has 1 aromatic heterocycles. The van der Waals surface area contributed by atoms with Crippen LogP contribution in [0.25, 0.3) is 0 Å². The highest BCUT2D eigenvalue weighted by atomic mass is 19.4. The minimum absolute atomic E-state index is 0.233. The number of hydrogen-bond acceptors (Lipinski definition) is 3. The molecule has 0 saturated heterocycles. The Labute approximate surface area is 122 Å². The summed E-state index contributed by atoms with van der Waals surface area (Å²) in [4.78, 5) is 5.53. The van der Waals surface area contributed by atoms with Crippen molar-refractivity contribution in [3.05, 3.63) is 23.5 Å². The molecule has 0 N–H and O–H groups in total. The van der Waals surface area contributed by atoms with Gasteiger partial charge in [-0.3, -0.25) is 0 Å². The number of aromatic nitrogens is 1. The summed E-state index contributed by atoms with van der Waals surface area (Å²) in [5.74, 6) is 0.680. The van der Waals surface area contributed by atoms with Gasteiger partial charge in [0.25, 0.3) is 0 Å². The van der Waals surface area contributed by atoms with Crippen molar-refractivity contribution >= 4 is 5.69 Å². The molecule has 114 valence electrons. The first-order chi connectivity index (χ1) is 9.82. The van der Waals surface area contributed by atoms with E-state index in [-0.39, 0.29) is 6.04 Å². The molecule has 0 amide bonds. The monoisotopic (exact) mass is 297 g/mol. The van der Waals surface area contributed by atoms with Crippen LogP contribution >= 0.6 is 0 Å². The SMILES string of the molecule is CC1CCC(N(C)c2cnc(C#N)c(C(F)(F)F)c2)CC1. The Morgan fingerprint density at radius 3 is 2.43 bits per heavy atom. The summed E-state index contributed by atoms with van der Waals surface area (Å²) in [6, 6.07) is 2.77. The van der Waals surface area contributed by atoms with Gasteiger partial charge in [-0.1, -0.05) is 6.92 Å². The second-order valence-electron chi connectivity index (χ2n) is 5.72. The average Bonchev–Trinajstić information content (AvgIpc) is 2.45. The molecule has 0 bridgehead atoms. The van der Waals surface area contributed by atoms with Crippen molar-refractivity contribution in [3.63, 3.8) is 0 Å². The number of alkyl halides is 3. The Morgan fingerprint density at radius 1 is 1.29 bits per heavy atom. The molecule has 1 aliphatic rings. The van der Waals surface area contributed by atoms with Crippen LogP contribution in [0.1, 0.15) is 43.9 Å². The lowest BCUT2D eigenvalue weighted by Gasteiger charge is -2.35. The van der Waals surface area contributed by atoms with E-state index >= 15 is 0 Å². The number of halogens is 3. The topological polar surface area (TPSA) is 39.9 Å². The van der Waals surface area contributed by atoms with Crippen molar-refractivity contribution in [2.45, 2.75) is 44.8 Å². The summed E-state index contributed by atoms with van der Waals surface area (Å²) in [6.45, 7) is 2.20. The molecule has 1 aliphatic carbocycles. The van der Waals surface area contributed by atoms with Crippen LogP contribution in [0, 0.1) is 17.2 Å². The lowest BCUT2D eigenvalue weighted by molar-refractivity contribution is -0.138. The zero-order valence-electron chi connectivity index (χ0n) is 12.1. The number of rotatable bonds is 2. The molecule has 1 heterocycles. The lowest BCUT2D eigenvalue weighted by atomic mass is 9.86. The first-order valence-corrected chi connectivity index (χ1v) is 7.03. The van der Waals surface area contributed by atoms with Gasteiger partial charge < -0.3 is 4.90 Å². The van der Waals surface area contributed by atoms with Crippen LogP contribution in [0.15, 0.2) is 12.3 Å². The second-order valence-corrected chi connectivity index (χ2v) is 5.72. The molecule has 1 saturated carbocycles. The van der Waals surface area contributed by atoms with Crippen molar-refractivity contribution in [1.29, 1.82) is 5.26 Å². The maximum Gasteiger partial charge on any atom is 0.419 e. The van der Waals surface area contributed by atoms with Crippen molar-refractivity contribution in [1.82, 2.24) is 4.98 Å². The molecule has 2 rings (SSSR count). The van der Waals surface area contributed by atoms with Gasteiger partial charge in [0.15, 0.2) is 5.69 Å². The van der Waals surface area contributed by atoms with Gasteiger partial charge in [-0.05, 0) is 37.7 Å². The van der Waals surface area contributed by atoms with E-state index in [1.54, 1.807) is 7.05 Å². The van der Waals surface area contributed by atoms with Crippen molar-refractivity contribution in [2.75, 3.05) is 11.9 Å². The first kappa shape index (κ1) is 15.6. The van der Waals surface area contributed by atoms with Crippen molar-refractivity contribution in [3.8, 4) is 6.07 Å². The molecule has 0 spiro atoms. The minimum Gasteiger partial charge on any atom is -0.370 e. The second kappa shape index (κ2) is 5.92. The van der Waals surface area contributed by atoms with Crippen LogP contribution < -0.4 is 4.90 Å². The van der Waals surface area contributed by atoms with Crippen molar-refractivity contribution in [2.24, 2.45) is 5.92 Å². The molecule has 21 heavy (non-hydrogen) atoms. The van der Waals surface area contributed by atoms with Crippen LogP contribution in [-0.4, -0.2) is 18.1 Å². The summed E-state index contributed by atoms with van der Waals surface area (Å²) >= 11 is 0. The number of anilines is 1. The van der Waals surface area contributed by atoms with Crippen LogP contribution in [0.4, 0.5) is 18.9 Å². The number of hydrogen-bond donors (Lipinski definition) is 0. The van der Waals surface area contributed by atoms with E-state index in [1.165, 1.54) is 12.3 Å². The fraction of sp³-hybridized carbons (Fsp3) is 0.600. The van der Waals surface area contributed by atoms with Gasteiger partial charge in [0.2, 0.25) is 0 Å². The van der Waals surface area contributed by atoms with Gasteiger partial charge in [0, 0.05) is 13.1 Å². The van der Waals surface area contributed by atoms with Gasteiger partial charge in [0.05, 0.1) is 17.4 Å². The average molecular weight is 297 g/mol. The smallest absolute Gasteiger partial charge is 0.370 e. The van der Waals surface area contributed by atoms with E-state index in [1.807, 2.05) is 4.90 Å². The Bertz CT molecular complexity index is 540. The van der Waals surface area contributed by atoms with E-state index in [2.05, 4.69) is 11.9 Å². The molecule has 0 radical (unpaired) electrons. The third-order valence-corrected chi connectivity index (χ3v) is 4.22. The summed E-state index contributed by atoms with van der Waals surface area (Å²) in [5, 5.41) is 8.76. The fourth-order valence-corrected chi connectivity index (χ4v) is 2.79. The molecule has 6 heteroatoms. The number of nitrogens with zero attached hydrogens (tertiary/aromatic N) is 3. The summed E-state index contributed by atoms with van der Waals surface area (Å²) in [7, 11) is 1.80. The molecule has 0 aliphatic heterocycles. The quantitative estimate of drug-likeness (QED) is 0.828. The molecular weight excluding hydrogens is 279 g/mol. The maximum absolute atomic E-state index is 13.0. The molecule has 1 aromatic rings. The van der Waals surface area contributed by atoms with Crippen LogP contribution in [0.3, 0.4) is 0 Å². The Hall–Kier alpha value is -1.77. The summed E-state index contributed by atoms with van der Waals surface area (Å²) < 4.78 is 38.9. The van der Waals surface area contributed by atoms with E-state index < -0.39 is 17.4 Å². The van der Waals surface area contributed by atoms with E-state index in [9.17, 15) is 13.2 Å². The number of nitriles is 1. The molecule has 0 aromatic carbocycles. The Balaban J connectivity index is 2.26. The van der Waals surface area contributed by atoms with Gasteiger partial charge in [0.1, 0.15) is 6.07 Å². The van der Waals surface area contributed by atoms with Crippen LogP contribution in [0.5, 0.6) is 0 Å². The van der Waals surface area contributed by atoms with Crippen molar-refractivity contribution < 1.29 is 13.2 Å². The Kier molecular flexibility index (Phi) is 4.40. The van der Waals surface area contributed by atoms with E-state index in [0.717, 1.165) is 31.7 Å². The molecule has 1 fully saturated rings. The van der Waals surface area contributed by atoms with Crippen LogP contribution in [-0.2, 0) is 6.18 Å². The predicted molar refractivity (Wildman–Crippen MR) is 73.8 cm³/mol.